The van der Waals surface area contributed by atoms with Gasteiger partial charge in [0.25, 0.3) is 0 Å². The number of rotatable bonds is 2. The Bertz CT molecular complexity index is 804. The van der Waals surface area contributed by atoms with Gasteiger partial charge >= 0.3 is 5.97 Å². The van der Waals surface area contributed by atoms with Crippen molar-refractivity contribution in [3.63, 3.8) is 0 Å². The zero-order chi connectivity index (χ0) is 18.1. The number of likely N-dealkylation sites (tertiary alicyclic amines) is 1. The van der Waals surface area contributed by atoms with E-state index in [1.165, 1.54) is 7.11 Å². The largest absolute Gasteiger partial charge is 0.477 e. The maximum Gasteiger partial charge on any atom is 0.348 e. The molecule has 3 heterocycles. The summed E-state index contributed by atoms with van der Waals surface area (Å²) in [5.74, 6) is 1.36. The van der Waals surface area contributed by atoms with Crippen LogP contribution in [0.15, 0.2) is 52.9 Å². The molecule has 1 aromatic carbocycles. The van der Waals surface area contributed by atoms with Gasteiger partial charge in [0.15, 0.2) is 0 Å². The molecular formula is C20H23N3O3. The van der Waals surface area contributed by atoms with E-state index in [1.54, 1.807) is 0 Å². The molecule has 0 aliphatic carbocycles. The highest BCUT2D eigenvalue weighted by Crippen LogP contribution is 2.50. The van der Waals surface area contributed by atoms with Crippen LogP contribution in [0.4, 0.5) is 0 Å². The second-order valence-electron chi connectivity index (χ2n) is 6.91. The van der Waals surface area contributed by atoms with Gasteiger partial charge < -0.3 is 20.1 Å². The Labute approximate surface area is 153 Å². The number of methoxy groups -OCH3 is 1. The number of ether oxygens (including phenoxy) is 2. The van der Waals surface area contributed by atoms with Crippen molar-refractivity contribution in [1.29, 1.82) is 0 Å². The van der Waals surface area contributed by atoms with Gasteiger partial charge in [-0.15, -0.1) is 0 Å². The van der Waals surface area contributed by atoms with Crippen LogP contribution in [0, 0.1) is 0 Å². The summed E-state index contributed by atoms with van der Waals surface area (Å²) in [7, 11) is 1.41. The maximum absolute atomic E-state index is 12.4. The predicted octanol–water partition coefficient (Wildman–Crippen LogP) is 2.11. The van der Waals surface area contributed by atoms with Gasteiger partial charge in [0, 0.05) is 43.1 Å². The number of aliphatic imine (C=N–C) groups is 1. The molecule has 0 saturated carbocycles. The molecular weight excluding hydrogens is 330 g/mol. The SMILES string of the molecule is COC(=O)C1Oc2ccccc2C12CCN(C1=CC(N)=CCC=N1)CC2. The summed E-state index contributed by atoms with van der Waals surface area (Å²) in [5.41, 5.74) is 7.48. The lowest BCUT2D eigenvalue weighted by Crippen LogP contribution is -2.51. The van der Waals surface area contributed by atoms with E-state index < -0.39 is 6.10 Å². The van der Waals surface area contributed by atoms with Crippen molar-refractivity contribution in [3.05, 3.63) is 53.5 Å². The standard InChI is InChI=1S/C20H23N3O3/c1-25-19(24)18-20(15-6-2-3-7-16(15)26-18)8-11-23(12-9-20)17-13-14(21)5-4-10-22-17/h2-3,5-7,10,13,18H,4,8-9,11-12,21H2,1H3. The molecule has 1 unspecified atom stereocenters. The number of esters is 1. The highest BCUT2D eigenvalue weighted by molar-refractivity contribution is 5.79. The Hall–Kier alpha value is -2.76. The van der Waals surface area contributed by atoms with Gasteiger partial charge in [0.2, 0.25) is 6.10 Å². The fourth-order valence-corrected chi connectivity index (χ4v) is 4.16. The summed E-state index contributed by atoms with van der Waals surface area (Å²) in [4.78, 5) is 19.2. The molecule has 6 heteroatoms. The molecule has 4 rings (SSSR count). The number of allylic oxidation sites excluding steroid dienone is 2. The smallest absolute Gasteiger partial charge is 0.348 e. The molecule has 1 saturated heterocycles. The highest BCUT2D eigenvalue weighted by Gasteiger charge is 2.54. The van der Waals surface area contributed by atoms with Gasteiger partial charge in [-0.05, 0) is 18.9 Å². The number of hydrogen-bond acceptors (Lipinski definition) is 6. The number of piperidine rings is 1. The van der Waals surface area contributed by atoms with E-state index in [4.69, 9.17) is 15.2 Å². The molecule has 3 aliphatic rings. The van der Waals surface area contributed by atoms with Crippen LogP contribution >= 0.6 is 0 Å². The van der Waals surface area contributed by atoms with E-state index >= 15 is 0 Å². The van der Waals surface area contributed by atoms with E-state index in [2.05, 4.69) is 16.0 Å². The minimum atomic E-state index is -0.594. The second-order valence-corrected chi connectivity index (χ2v) is 6.91. The highest BCUT2D eigenvalue weighted by atomic mass is 16.6. The van der Waals surface area contributed by atoms with Crippen LogP contribution in [-0.4, -0.2) is 43.4 Å². The molecule has 6 nitrogen and oxygen atoms in total. The lowest BCUT2D eigenvalue weighted by Gasteiger charge is -2.41. The molecule has 3 aliphatic heterocycles. The number of hydrogen-bond donors (Lipinski definition) is 1. The Kier molecular flexibility index (Phi) is 4.18. The minimum Gasteiger partial charge on any atom is -0.477 e. The number of benzene rings is 1. The van der Waals surface area contributed by atoms with Gasteiger partial charge in [0.05, 0.1) is 12.5 Å². The molecule has 1 atom stereocenters. The molecule has 2 N–H and O–H groups in total. The van der Waals surface area contributed by atoms with Gasteiger partial charge in [-0.1, -0.05) is 24.3 Å². The van der Waals surface area contributed by atoms with E-state index in [1.807, 2.05) is 36.6 Å². The number of nitrogens with two attached hydrogens (primary N) is 1. The lowest BCUT2D eigenvalue weighted by molar-refractivity contribution is -0.152. The molecule has 0 radical (unpaired) electrons. The van der Waals surface area contributed by atoms with Crippen molar-refractivity contribution in [2.75, 3.05) is 20.2 Å². The van der Waals surface area contributed by atoms with E-state index in [-0.39, 0.29) is 11.4 Å². The predicted molar refractivity (Wildman–Crippen MR) is 98.8 cm³/mol. The van der Waals surface area contributed by atoms with Crippen LogP contribution in [0.3, 0.4) is 0 Å². The topological polar surface area (TPSA) is 77.2 Å². The average Bonchev–Trinajstić information content (AvgIpc) is 2.82. The first-order valence-corrected chi connectivity index (χ1v) is 8.93. The molecule has 136 valence electrons. The van der Waals surface area contributed by atoms with E-state index in [0.29, 0.717) is 0 Å². The monoisotopic (exact) mass is 353 g/mol. The van der Waals surface area contributed by atoms with Crippen LogP contribution in [0.5, 0.6) is 5.75 Å². The van der Waals surface area contributed by atoms with Gasteiger partial charge in [-0.2, -0.15) is 0 Å². The first-order chi connectivity index (χ1) is 12.6. The van der Waals surface area contributed by atoms with Gasteiger partial charge in [-0.3, -0.25) is 0 Å². The summed E-state index contributed by atoms with van der Waals surface area (Å²) in [6.45, 7) is 1.56. The normalized spacial score (nSPS) is 23.6. The minimum absolute atomic E-state index is 0.312. The van der Waals surface area contributed by atoms with Crippen molar-refractivity contribution >= 4 is 12.2 Å². The summed E-state index contributed by atoms with van der Waals surface area (Å²) >= 11 is 0. The van der Waals surface area contributed by atoms with Crippen molar-refractivity contribution in [3.8, 4) is 5.75 Å². The number of fused-ring (bicyclic) bond motifs is 2. The quantitative estimate of drug-likeness (QED) is 0.824. The zero-order valence-corrected chi connectivity index (χ0v) is 14.9. The van der Waals surface area contributed by atoms with E-state index in [0.717, 1.165) is 55.2 Å². The summed E-state index contributed by atoms with van der Waals surface area (Å²) < 4.78 is 11.0. The molecule has 1 spiro atoms. The van der Waals surface area contributed by atoms with Crippen LogP contribution in [0.1, 0.15) is 24.8 Å². The third kappa shape index (κ3) is 2.66. The second kappa shape index (κ2) is 6.52. The number of carbonyl (C=O) groups is 1. The molecule has 0 bridgehead atoms. The van der Waals surface area contributed by atoms with Crippen LogP contribution < -0.4 is 10.5 Å². The number of nitrogens with zero attached hydrogens (tertiary/aromatic N) is 2. The van der Waals surface area contributed by atoms with Crippen molar-refractivity contribution in [1.82, 2.24) is 4.90 Å². The fraction of sp³-hybridized carbons (Fsp3) is 0.400. The Balaban J connectivity index is 1.61. The summed E-state index contributed by atoms with van der Waals surface area (Å²) in [6.07, 6.45) is 7.48. The Morgan fingerprint density at radius 3 is 2.88 bits per heavy atom. The third-order valence-electron chi connectivity index (χ3n) is 5.54. The Morgan fingerprint density at radius 2 is 2.12 bits per heavy atom. The lowest BCUT2D eigenvalue weighted by atomic mass is 9.70. The summed E-state index contributed by atoms with van der Waals surface area (Å²) in [6, 6.07) is 7.93. The van der Waals surface area contributed by atoms with Crippen molar-refractivity contribution in [2.24, 2.45) is 10.7 Å². The molecule has 26 heavy (non-hydrogen) atoms. The zero-order valence-electron chi connectivity index (χ0n) is 14.9. The number of para-hydroxylation sites is 1. The molecule has 0 amide bonds. The van der Waals surface area contributed by atoms with E-state index in [9.17, 15) is 4.79 Å². The van der Waals surface area contributed by atoms with Crippen LogP contribution in [0.25, 0.3) is 0 Å². The van der Waals surface area contributed by atoms with Crippen LogP contribution in [-0.2, 0) is 14.9 Å². The number of carbonyl (C=O) groups excluding carboxylic acids is 1. The van der Waals surface area contributed by atoms with Crippen molar-refractivity contribution in [2.45, 2.75) is 30.8 Å². The van der Waals surface area contributed by atoms with Crippen molar-refractivity contribution < 1.29 is 14.3 Å². The molecule has 1 fully saturated rings. The first-order valence-electron chi connectivity index (χ1n) is 8.93. The Morgan fingerprint density at radius 1 is 1.35 bits per heavy atom. The molecule has 1 aromatic rings. The van der Waals surface area contributed by atoms with Crippen LogP contribution in [0.2, 0.25) is 0 Å². The fourth-order valence-electron chi connectivity index (χ4n) is 4.16. The first kappa shape index (κ1) is 16.7. The van der Waals surface area contributed by atoms with Gasteiger partial charge in [-0.25, -0.2) is 9.79 Å². The average molecular weight is 353 g/mol. The molecule has 0 aromatic heterocycles. The van der Waals surface area contributed by atoms with Gasteiger partial charge in [0.1, 0.15) is 11.6 Å². The third-order valence-corrected chi connectivity index (χ3v) is 5.54. The summed E-state index contributed by atoms with van der Waals surface area (Å²) in [5, 5.41) is 0. The maximum atomic E-state index is 12.4.